The van der Waals surface area contributed by atoms with E-state index in [-0.39, 0.29) is 54.2 Å². The molecule has 0 bridgehead atoms. The molecule has 0 aliphatic heterocycles. The third-order valence-electron chi connectivity index (χ3n) is 4.39. The predicted molar refractivity (Wildman–Crippen MR) is 95.5 cm³/mol. The first-order valence-electron chi connectivity index (χ1n) is 7.66. The van der Waals surface area contributed by atoms with Crippen LogP contribution in [-0.4, -0.2) is 0 Å². The largest absolute Gasteiger partial charge is 1.00 e. The van der Waals surface area contributed by atoms with Crippen molar-refractivity contribution in [3.05, 3.63) is 71.2 Å². The van der Waals surface area contributed by atoms with Crippen molar-refractivity contribution in [2.75, 3.05) is 0 Å². The molecular formula is C21H13ClLi2O2. The summed E-state index contributed by atoms with van der Waals surface area (Å²) in [7, 11) is 0. The van der Waals surface area contributed by atoms with Crippen LogP contribution in [0.4, 0.5) is 0 Å². The number of rotatable bonds is 1. The van der Waals surface area contributed by atoms with Gasteiger partial charge in [0.05, 0.1) is 0 Å². The molecule has 2 nitrogen and oxygen atoms in total. The van der Waals surface area contributed by atoms with Crippen LogP contribution in [0.1, 0.15) is 5.56 Å². The van der Waals surface area contributed by atoms with E-state index in [9.17, 15) is 10.2 Å². The second-order valence-electron chi connectivity index (χ2n) is 5.90. The van der Waals surface area contributed by atoms with Crippen molar-refractivity contribution in [2.24, 2.45) is 0 Å². The van der Waals surface area contributed by atoms with E-state index in [1.807, 2.05) is 54.6 Å². The Bertz CT molecular complexity index is 1020. The first-order valence-corrected chi connectivity index (χ1v) is 8.03. The summed E-state index contributed by atoms with van der Waals surface area (Å²) < 4.78 is 0. The standard InChI is InChI=1S/C21H15ClO2.2Li/c1-12-10-13-6-2-4-8-15(13)18(20(12)23)19-16-9-5-3-7-14(16)11-17(22)21(19)24;;/h2-11,23-24H,1H3;;/q;2*+1/p-2. The average molecular weight is 347 g/mol. The van der Waals surface area contributed by atoms with E-state index >= 15 is 0 Å². The molecule has 0 unspecified atom stereocenters. The van der Waals surface area contributed by atoms with Crippen LogP contribution in [0, 0.1) is 6.92 Å². The molecule has 0 fully saturated rings. The molecule has 0 saturated carbocycles. The van der Waals surface area contributed by atoms with Crippen LogP contribution in [0.25, 0.3) is 32.7 Å². The van der Waals surface area contributed by atoms with Crippen molar-refractivity contribution in [1.29, 1.82) is 0 Å². The van der Waals surface area contributed by atoms with Gasteiger partial charge < -0.3 is 10.2 Å². The van der Waals surface area contributed by atoms with Gasteiger partial charge in [-0.05, 0) is 45.7 Å². The molecule has 0 aromatic heterocycles. The summed E-state index contributed by atoms with van der Waals surface area (Å²) in [4.78, 5) is 0. The van der Waals surface area contributed by atoms with Crippen molar-refractivity contribution in [1.82, 2.24) is 0 Å². The minimum absolute atomic E-state index is 0. The second-order valence-corrected chi connectivity index (χ2v) is 6.31. The van der Waals surface area contributed by atoms with Gasteiger partial charge in [-0.25, -0.2) is 0 Å². The Kier molecular flexibility index (Phi) is 6.41. The van der Waals surface area contributed by atoms with Crippen molar-refractivity contribution in [3.63, 3.8) is 0 Å². The first-order chi connectivity index (χ1) is 11.6. The van der Waals surface area contributed by atoms with Crippen LogP contribution in [0.5, 0.6) is 11.5 Å². The number of halogens is 1. The Morgan fingerprint density at radius 2 is 1.15 bits per heavy atom. The van der Waals surface area contributed by atoms with Crippen LogP contribution in [0.2, 0.25) is 5.02 Å². The molecule has 0 aliphatic rings. The summed E-state index contributed by atoms with van der Waals surface area (Å²) in [5.41, 5.74) is 1.45. The van der Waals surface area contributed by atoms with Crippen LogP contribution >= 0.6 is 11.6 Å². The van der Waals surface area contributed by atoms with E-state index in [1.165, 1.54) is 0 Å². The summed E-state index contributed by atoms with van der Waals surface area (Å²) >= 11 is 6.17. The van der Waals surface area contributed by atoms with Gasteiger partial charge in [-0.3, -0.25) is 0 Å². The van der Waals surface area contributed by atoms with Crippen molar-refractivity contribution in [2.45, 2.75) is 6.92 Å². The van der Waals surface area contributed by atoms with E-state index in [4.69, 9.17) is 11.6 Å². The fraction of sp³-hybridized carbons (Fsp3) is 0.0476. The number of hydrogen-bond donors (Lipinski definition) is 0. The zero-order valence-corrected chi connectivity index (χ0v) is 15.7. The minimum atomic E-state index is -0.303. The van der Waals surface area contributed by atoms with Crippen molar-refractivity contribution in [3.8, 4) is 22.6 Å². The third-order valence-corrected chi connectivity index (χ3v) is 4.67. The van der Waals surface area contributed by atoms with Gasteiger partial charge in [0, 0.05) is 5.02 Å². The molecule has 4 aromatic carbocycles. The van der Waals surface area contributed by atoms with E-state index in [2.05, 4.69) is 0 Å². The molecule has 0 heterocycles. The normalized spacial score (nSPS) is 10.4. The molecule has 5 heteroatoms. The summed E-state index contributed by atoms with van der Waals surface area (Å²) in [6, 6.07) is 18.6. The Labute approximate surface area is 181 Å². The maximum atomic E-state index is 12.9. The Balaban J connectivity index is 0.00000121. The first kappa shape index (κ1) is 20.8. The van der Waals surface area contributed by atoms with E-state index < -0.39 is 0 Å². The fourth-order valence-electron chi connectivity index (χ4n) is 3.26. The number of benzene rings is 4. The van der Waals surface area contributed by atoms with Gasteiger partial charge in [0.1, 0.15) is 0 Å². The summed E-state index contributed by atoms with van der Waals surface area (Å²) in [6.45, 7) is 1.77. The van der Waals surface area contributed by atoms with Crippen LogP contribution in [0.15, 0.2) is 60.7 Å². The molecule has 0 saturated heterocycles. The number of hydrogen-bond acceptors (Lipinski definition) is 2. The van der Waals surface area contributed by atoms with Gasteiger partial charge in [-0.1, -0.05) is 83.3 Å². The maximum absolute atomic E-state index is 12.9. The van der Waals surface area contributed by atoms with Gasteiger partial charge in [-0.2, -0.15) is 0 Å². The minimum Gasteiger partial charge on any atom is -0.872 e. The number of fused-ring (bicyclic) bond motifs is 2. The predicted octanol–water partition coefficient (Wildman–Crippen LogP) is -1.22. The molecule has 4 rings (SSSR count). The van der Waals surface area contributed by atoms with Gasteiger partial charge >= 0.3 is 37.7 Å². The van der Waals surface area contributed by atoms with E-state index in [0.717, 1.165) is 21.5 Å². The van der Waals surface area contributed by atoms with Gasteiger partial charge in [0.15, 0.2) is 0 Å². The molecule has 26 heavy (non-hydrogen) atoms. The molecule has 118 valence electrons. The zero-order valence-electron chi connectivity index (χ0n) is 15.0. The quantitative estimate of drug-likeness (QED) is 0.406. The van der Waals surface area contributed by atoms with Crippen LogP contribution in [0.3, 0.4) is 0 Å². The van der Waals surface area contributed by atoms with E-state index in [0.29, 0.717) is 16.7 Å². The van der Waals surface area contributed by atoms with Gasteiger partial charge in [0.2, 0.25) is 0 Å². The van der Waals surface area contributed by atoms with Crippen molar-refractivity contribution < 1.29 is 47.9 Å². The molecule has 4 aromatic rings. The molecular weight excluding hydrogens is 334 g/mol. The van der Waals surface area contributed by atoms with Gasteiger partial charge in [0.25, 0.3) is 0 Å². The van der Waals surface area contributed by atoms with Crippen LogP contribution in [-0.2, 0) is 0 Å². The molecule has 0 amide bonds. The monoisotopic (exact) mass is 346 g/mol. The topological polar surface area (TPSA) is 46.1 Å². The molecule has 0 N–H and O–H groups in total. The molecule has 0 spiro atoms. The van der Waals surface area contributed by atoms with Crippen molar-refractivity contribution >= 4 is 33.1 Å². The maximum Gasteiger partial charge on any atom is 1.00 e. The Hall–Kier alpha value is -1.52. The SMILES string of the molecule is Cc1cc2ccccc2c(-c2c([O-])c(Cl)cc3ccccc23)c1[O-].[Li+].[Li+]. The molecule has 0 aliphatic carbocycles. The summed E-state index contributed by atoms with van der Waals surface area (Å²) in [5, 5.41) is 29.2. The Morgan fingerprint density at radius 3 is 1.73 bits per heavy atom. The summed E-state index contributed by atoms with van der Waals surface area (Å²) in [5.74, 6) is -0.429. The smallest absolute Gasteiger partial charge is 0.872 e. The van der Waals surface area contributed by atoms with E-state index in [1.54, 1.807) is 13.0 Å². The molecule has 0 radical (unpaired) electrons. The number of aryl methyl sites for hydroxylation is 1. The average Bonchev–Trinajstić information content (AvgIpc) is 2.58. The zero-order chi connectivity index (χ0) is 16.8. The van der Waals surface area contributed by atoms with Crippen LogP contribution < -0.4 is 47.9 Å². The molecule has 0 atom stereocenters. The van der Waals surface area contributed by atoms with Gasteiger partial charge in [-0.15, -0.1) is 0 Å². The Morgan fingerprint density at radius 1 is 0.692 bits per heavy atom. The summed E-state index contributed by atoms with van der Waals surface area (Å²) in [6.07, 6.45) is 0. The third kappa shape index (κ3) is 3.25. The second kappa shape index (κ2) is 8.02. The fourth-order valence-corrected chi connectivity index (χ4v) is 3.47.